The summed E-state index contributed by atoms with van der Waals surface area (Å²) in [4.78, 5) is 5.37. The van der Waals surface area contributed by atoms with Crippen LogP contribution in [0, 0.1) is 5.82 Å². The monoisotopic (exact) mass is 245 g/mol. The van der Waals surface area contributed by atoms with E-state index in [-0.39, 0.29) is 11.9 Å². The normalized spacial score (nSPS) is 12.3. The van der Waals surface area contributed by atoms with Crippen molar-refractivity contribution in [3.05, 3.63) is 71.5 Å². The Kier molecular flexibility index (Phi) is 4.45. The zero-order chi connectivity index (χ0) is 12.8. The second kappa shape index (κ2) is 6.28. The molecular formula is C15H16FNO. The Labute approximate surface area is 106 Å². The molecule has 0 saturated carbocycles. The van der Waals surface area contributed by atoms with Crippen molar-refractivity contribution in [2.24, 2.45) is 0 Å². The van der Waals surface area contributed by atoms with Crippen LogP contribution in [-0.4, -0.2) is 0 Å². The third kappa shape index (κ3) is 3.39. The van der Waals surface area contributed by atoms with Crippen LogP contribution < -0.4 is 5.48 Å². The number of hydroxylamine groups is 1. The molecule has 2 rings (SSSR count). The fraction of sp³-hybridized carbons (Fsp3) is 0.200. The Morgan fingerprint density at radius 3 is 2.44 bits per heavy atom. The average Bonchev–Trinajstić information content (AvgIpc) is 2.40. The lowest BCUT2D eigenvalue weighted by Crippen LogP contribution is -2.19. The fourth-order valence-electron chi connectivity index (χ4n) is 1.71. The van der Waals surface area contributed by atoms with E-state index in [2.05, 4.69) is 5.48 Å². The lowest BCUT2D eigenvalue weighted by atomic mass is 10.1. The molecular weight excluding hydrogens is 229 g/mol. The van der Waals surface area contributed by atoms with Crippen LogP contribution in [-0.2, 0) is 11.4 Å². The molecule has 0 aromatic heterocycles. The van der Waals surface area contributed by atoms with E-state index < -0.39 is 0 Å². The van der Waals surface area contributed by atoms with Crippen LogP contribution in [0.3, 0.4) is 0 Å². The van der Waals surface area contributed by atoms with Crippen LogP contribution >= 0.6 is 0 Å². The molecule has 0 heterocycles. The van der Waals surface area contributed by atoms with Crippen molar-refractivity contribution in [1.82, 2.24) is 5.48 Å². The van der Waals surface area contributed by atoms with Gasteiger partial charge in [-0.25, -0.2) is 4.39 Å². The SMILES string of the molecule is CC(NOCc1ccccc1)c1ccccc1F. The summed E-state index contributed by atoms with van der Waals surface area (Å²) in [6.45, 7) is 2.32. The molecule has 0 aliphatic rings. The van der Waals surface area contributed by atoms with Crippen molar-refractivity contribution in [3.63, 3.8) is 0 Å². The molecule has 1 N–H and O–H groups in total. The van der Waals surface area contributed by atoms with Gasteiger partial charge in [0.2, 0.25) is 0 Å². The second-order valence-corrected chi connectivity index (χ2v) is 4.14. The molecule has 0 amide bonds. The summed E-state index contributed by atoms with van der Waals surface area (Å²) in [6.07, 6.45) is 0. The Balaban J connectivity index is 1.86. The maximum atomic E-state index is 13.5. The highest BCUT2D eigenvalue weighted by Crippen LogP contribution is 2.16. The van der Waals surface area contributed by atoms with Crippen LogP contribution in [0.5, 0.6) is 0 Å². The molecule has 2 nitrogen and oxygen atoms in total. The first-order valence-electron chi connectivity index (χ1n) is 5.93. The Morgan fingerprint density at radius 2 is 1.72 bits per heavy atom. The van der Waals surface area contributed by atoms with Crippen molar-refractivity contribution in [3.8, 4) is 0 Å². The van der Waals surface area contributed by atoms with E-state index in [1.54, 1.807) is 12.1 Å². The predicted octanol–water partition coefficient (Wildman–Crippen LogP) is 3.61. The topological polar surface area (TPSA) is 21.3 Å². The maximum absolute atomic E-state index is 13.5. The largest absolute Gasteiger partial charge is 0.296 e. The van der Waals surface area contributed by atoms with Crippen molar-refractivity contribution in [2.45, 2.75) is 19.6 Å². The summed E-state index contributed by atoms with van der Waals surface area (Å²) in [6, 6.07) is 16.3. The number of halogens is 1. The Hall–Kier alpha value is -1.71. The molecule has 1 atom stereocenters. The fourth-order valence-corrected chi connectivity index (χ4v) is 1.71. The van der Waals surface area contributed by atoms with Gasteiger partial charge in [0.15, 0.2) is 0 Å². The van der Waals surface area contributed by atoms with Crippen molar-refractivity contribution >= 4 is 0 Å². The Morgan fingerprint density at radius 1 is 1.06 bits per heavy atom. The smallest absolute Gasteiger partial charge is 0.128 e. The van der Waals surface area contributed by atoms with E-state index >= 15 is 0 Å². The molecule has 0 aliphatic carbocycles. The highest BCUT2D eigenvalue weighted by molar-refractivity contribution is 5.20. The van der Waals surface area contributed by atoms with E-state index in [0.717, 1.165) is 5.56 Å². The van der Waals surface area contributed by atoms with Crippen LogP contribution in [0.2, 0.25) is 0 Å². The zero-order valence-corrected chi connectivity index (χ0v) is 10.3. The van der Waals surface area contributed by atoms with Gasteiger partial charge in [0.1, 0.15) is 5.82 Å². The van der Waals surface area contributed by atoms with Crippen LogP contribution in [0.1, 0.15) is 24.1 Å². The van der Waals surface area contributed by atoms with Gasteiger partial charge in [0.05, 0.1) is 12.6 Å². The number of nitrogens with one attached hydrogen (secondary N) is 1. The predicted molar refractivity (Wildman–Crippen MR) is 69.2 cm³/mol. The molecule has 0 fully saturated rings. The first kappa shape index (κ1) is 12.7. The molecule has 0 radical (unpaired) electrons. The van der Waals surface area contributed by atoms with E-state index in [4.69, 9.17) is 4.84 Å². The van der Waals surface area contributed by atoms with E-state index in [1.807, 2.05) is 43.3 Å². The number of hydrogen-bond acceptors (Lipinski definition) is 2. The first-order chi connectivity index (χ1) is 8.77. The highest BCUT2D eigenvalue weighted by Gasteiger charge is 2.09. The summed E-state index contributed by atoms with van der Waals surface area (Å²) >= 11 is 0. The third-order valence-corrected chi connectivity index (χ3v) is 2.71. The van der Waals surface area contributed by atoms with E-state index in [9.17, 15) is 4.39 Å². The summed E-state index contributed by atoms with van der Waals surface area (Å²) in [5.41, 5.74) is 4.53. The van der Waals surface area contributed by atoms with Gasteiger partial charge in [-0.2, -0.15) is 5.48 Å². The molecule has 1 unspecified atom stereocenters. The maximum Gasteiger partial charge on any atom is 0.128 e. The van der Waals surface area contributed by atoms with Gasteiger partial charge in [0.25, 0.3) is 0 Å². The highest BCUT2D eigenvalue weighted by atomic mass is 19.1. The number of benzene rings is 2. The first-order valence-corrected chi connectivity index (χ1v) is 5.93. The third-order valence-electron chi connectivity index (χ3n) is 2.71. The molecule has 18 heavy (non-hydrogen) atoms. The van der Waals surface area contributed by atoms with Crippen molar-refractivity contribution in [1.29, 1.82) is 0 Å². The molecule has 0 aliphatic heterocycles. The average molecular weight is 245 g/mol. The lowest BCUT2D eigenvalue weighted by Gasteiger charge is -2.14. The summed E-state index contributed by atoms with van der Waals surface area (Å²) in [5, 5.41) is 0. The molecule has 2 aromatic rings. The second-order valence-electron chi connectivity index (χ2n) is 4.14. The number of rotatable bonds is 5. The Bertz CT molecular complexity index is 487. The molecule has 2 aromatic carbocycles. The molecule has 0 bridgehead atoms. The molecule has 0 spiro atoms. The van der Waals surface area contributed by atoms with Crippen LogP contribution in [0.4, 0.5) is 4.39 Å². The van der Waals surface area contributed by atoms with Crippen molar-refractivity contribution in [2.75, 3.05) is 0 Å². The van der Waals surface area contributed by atoms with Gasteiger partial charge in [-0.3, -0.25) is 4.84 Å². The van der Waals surface area contributed by atoms with Gasteiger partial charge in [-0.1, -0.05) is 48.5 Å². The van der Waals surface area contributed by atoms with E-state index in [1.165, 1.54) is 6.07 Å². The van der Waals surface area contributed by atoms with Gasteiger partial charge < -0.3 is 0 Å². The minimum atomic E-state index is -0.221. The minimum absolute atomic E-state index is 0.185. The van der Waals surface area contributed by atoms with Crippen molar-refractivity contribution < 1.29 is 9.23 Å². The zero-order valence-electron chi connectivity index (χ0n) is 10.3. The van der Waals surface area contributed by atoms with Gasteiger partial charge in [0, 0.05) is 5.56 Å². The minimum Gasteiger partial charge on any atom is -0.296 e. The number of hydrogen-bond donors (Lipinski definition) is 1. The van der Waals surface area contributed by atoms with E-state index in [0.29, 0.717) is 12.2 Å². The summed E-state index contributed by atoms with van der Waals surface area (Å²) in [7, 11) is 0. The molecule has 0 saturated heterocycles. The lowest BCUT2D eigenvalue weighted by molar-refractivity contribution is 0.00629. The van der Waals surface area contributed by atoms with Gasteiger partial charge in [-0.15, -0.1) is 0 Å². The molecule has 3 heteroatoms. The standard InChI is InChI=1S/C15H16FNO/c1-12(14-9-5-6-10-15(14)16)17-18-11-13-7-3-2-4-8-13/h2-10,12,17H,11H2,1H3. The molecule has 94 valence electrons. The summed E-state index contributed by atoms with van der Waals surface area (Å²) in [5.74, 6) is -0.221. The van der Waals surface area contributed by atoms with Crippen LogP contribution in [0.15, 0.2) is 54.6 Å². The van der Waals surface area contributed by atoms with Gasteiger partial charge >= 0.3 is 0 Å². The summed E-state index contributed by atoms with van der Waals surface area (Å²) < 4.78 is 13.5. The van der Waals surface area contributed by atoms with Crippen LogP contribution in [0.25, 0.3) is 0 Å². The quantitative estimate of drug-likeness (QED) is 0.812. The van der Waals surface area contributed by atoms with Gasteiger partial charge in [-0.05, 0) is 18.6 Å².